The number of rotatable bonds is 16. The van der Waals surface area contributed by atoms with Crippen LogP contribution in [0.3, 0.4) is 0 Å². The number of fused-ring (bicyclic) bond motifs is 1. The van der Waals surface area contributed by atoms with Crippen LogP contribution in [0.1, 0.15) is 28.8 Å². The number of carbonyl (C=O) groups excluding carboxylic acids is 5. The second-order valence-corrected chi connectivity index (χ2v) is 13.0. The average molecular weight is 779 g/mol. The number of hydrogen-bond donors (Lipinski definition) is 2. The largest absolute Gasteiger partial charge is 0.484 e. The monoisotopic (exact) mass is 778 g/mol. The minimum absolute atomic E-state index is 0.146. The Bertz CT molecular complexity index is 2050. The number of ether oxygens (including phenoxy) is 3. The number of thioether (sulfide) groups is 1. The number of β-lactam (4-membered cyclic amide) rings is 1. The van der Waals surface area contributed by atoms with Crippen molar-refractivity contribution in [2.75, 3.05) is 19.5 Å². The molecule has 0 aromatic heterocycles. The van der Waals surface area contributed by atoms with Crippen LogP contribution in [0.4, 0.5) is 17.1 Å². The van der Waals surface area contributed by atoms with Crippen molar-refractivity contribution in [3.05, 3.63) is 125 Å². The molecule has 0 spiro atoms. The summed E-state index contributed by atoms with van der Waals surface area (Å²) in [6, 6.07) is 12.9. The van der Waals surface area contributed by atoms with Gasteiger partial charge in [0.25, 0.3) is 34.8 Å². The van der Waals surface area contributed by atoms with E-state index in [-0.39, 0.29) is 48.1 Å². The maximum atomic E-state index is 13.7. The number of nitrogens with zero attached hydrogens (tertiary/aromatic N) is 4. The number of benzene rings is 3. The van der Waals surface area contributed by atoms with Gasteiger partial charge in [0.2, 0.25) is 0 Å². The standard InChI is InChI=1S/C34H30N6O14S/c1-52-33(44)25(35-31(42)20-13-22(39(48)49)15-23(14-20)40(50)51)18-55-27-12-11-26-29(36-28(41)17-53-24-5-3-2-4-6-24)32(43)37(26)30(27)34(45)54-16-19-7-9-21(10-8-19)38(46)47/h2-10,13-15,25-26,29H,11-12,16-18H2,1H3,(H,35,42)(H,36,41)/t25-,26-,29+/m1/s1. The summed E-state index contributed by atoms with van der Waals surface area (Å²) in [4.78, 5) is 98.5. The quantitative estimate of drug-likeness (QED) is 0.0916. The zero-order chi connectivity index (χ0) is 39.8. The molecule has 3 aromatic carbocycles. The van der Waals surface area contributed by atoms with E-state index in [0.717, 1.165) is 31.0 Å². The second kappa shape index (κ2) is 17.3. The molecule has 3 aromatic rings. The minimum atomic E-state index is -1.45. The number of non-ortho nitro benzene ring substituents is 3. The summed E-state index contributed by atoms with van der Waals surface area (Å²) in [6.07, 6.45) is 0.400. The Morgan fingerprint density at radius 2 is 1.55 bits per heavy atom. The van der Waals surface area contributed by atoms with Crippen molar-refractivity contribution in [3.63, 3.8) is 0 Å². The van der Waals surface area contributed by atoms with Gasteiger partial charge in [0, 0.05) is 34.9 Å². The summed E-state index contributed by atoms with van der Waals surface area (Å²) in [5.74, 6) is -4.07. The van der Waals surface area contributed by atoms with Gasteiger partial charge in [0.05, 0.1) is 39.6 Å². The second-order valence-electron chi connectivity index (χ2n) is 11.8. The highest BCUT2D eigenvalue weighted by Crippen LogP contribution is 2.41. The van der Waals surface area contributed by atoms with Crippen molar-refractivity contribution >= 4 is 58.5 Å². The lowest BCUT2D eigenvalue weighted by molar-refractivity contribution is -0.394. The normalized spacial score (nSPS) is 16.5. The van der Waals surface area contributed by atoms with Crippen LogP contribution < -0.4 is 15.4 Å². The van der Waals surface area contributed by atoms with Crippen molar-refractivity contribution in [1.82, 2.24) is 15.5 Å². The number of para-hydroxylation sites is 1. The summed E-state index contributed by atoms with van der Waals surface area (Å²) < 4.78 is 15.8. The van der Waals surface area contributed by atoms with Gasteiger partial charge in [0.15, 0.2) is 6.61 Å². The lowest BCUT2D eigenvalue weighted by Crippen LogP contribution is -2.72. The third-order valence-electron chi connectivity index (χ3n) is 8.33. The van der Waals surface area contributed by atoms with Crippen molar-refractivity contribution in [2.24, 2.45) is 0 Å². The summed E-state index contributed by atoms with van der Waals surface area (Å²) in [6.45, 7) is -0.718. The van der Waals surface area contributed by atoms with Crippen LogP contribution in [-0.2, 0) is 35.3 Å². The zero-order valence-corrected chi connectivity index (χ0v) is 29.4. The summed E-state index contributed by atoms with van der Waals surface area (Å²) in [5.41, 5.74) is -1.93. The van der Waals surface area contributed by atoms with Crippen LogP contribution in [0, 0.1) is 30.3 Å². The topological polar surface area (TPSA) is 270 Å². The highest BCUT2D eigenvalue weighted by Gasteiger charge is 2.54. The van der Waals surface area contributed by atoms with E-state index >= 15 is 0 Å². The summed E-state index contributed by atoms with van der Waals surface area (Å²) in [7, 11) is 1.04. The van der Waals surface area contributed by atoms with E-state index < -0.39 is 79.5 Å². The SMILES string of the molecule is COC(=O)[C@@H](CSC1=C(C(=O)OCc2ccc([N+](=O)[O-])cc2)N2C(=O)[C@@H](NC(=O)COc3ccccc3)[C@H]2CC1)NC(=O)c1cc([N+](=O)[O-])cc([N+](=O)[O-])c1. The summed E-state index contributed by atoms with van der Waals surface area (Å²) >= 11 is 0.899. The Kier molecular flexibility index (Phi) is 12.4. The molecular weight excluding hydrogens is 748 g/mol. The number of nitro benzene ring substituents is 3. The maximum Gasteiger partial charge on any atom is 0.356 e. The maximum absolute atomic E-state index is 13.7. The van der Waals surface area contributed by atoms with Crippen LogP contribution >= 0.6 is 11.8 Å². The molecule has 2 heterocycles. The Balaban J connectivity index is 1.35. The molecule has 55 heavy (non-hydrogen) atoms. The van der Waals surface area contributed by atoms with Crippen molar-refractivity contribution in [3.8, 4) is 5.75 Å². The van der Waals surface area contributed by atoms with Gasteiger partial charge in [-0.05, 0) is 42.7 Å². The molecule has 0 radical (unpaired) electrons. The van der Waals surface area contributed by atoms with Crippen LogP contribution in [0.2, 0.25) is 0 Å². The van der Waals surface area contributed by atoms with Gasteiger partial charge in [-0.25, -0.2) is 9.59 Å². The van der Waals surface area contributed by atoms with E-state index in [1.54, 1.807) is 30.3 Å². The molecule has 3 amide bonds. The fourth-order valence-corrected chi connectivity index (χ4v) is 6.81. The fraction of sp³-hybridized carbons (Fsp3) is 0.265. The summed E-state index contributed by atoms with van der Waals surface area (Å²) in [5, 5.41) is 38.7. The number of methoxy groups -OCH3 is 1. The van der Waals surface area contributed by atoms with E-state index in [2.05, 4.69) is 10.6 Å². The van der Waals surface area contributed by atoms with Crippen molar-refractivity contribution in [1.29, 1.82) is 0 Å². The Morgan fingerprint density at radius 3 is 2.15 bits per heavy atom. The first-order chi connectivity index (χ1) is 26.3. The molecule has 1 fully saturated rings. The molecule has 0 bridgehead atoms. The number of nitrogens with one attached hydrogen (secondary N) is 2. The number of nitro groups is 3. The molecule has 2 N–H and O–H groups in total. The van der Waals surface area contributed by atoms with Crippen LogP contribution in [-0.4, -0.2) is 86.9 Å². The average Bonchev–Trinajstić information content (AvgIpc) is 3.19. The number of esters is 2. The lowest BCUT2D eigenvalue weighted by Gasteiger charge is -2.50. The highest BCUT2D eigenvalue weighted by atomic mass is 32.2. The van der Waals surface area contributed by atoms with Gasteiger partial charge >= 0.3 is 11.9 Å². The molecule has 5 rings (SSSR count). The highest BCUT2D eigenvalue weighted by molar-refractivity contribution is 8.03. The molecular formula is C34H30N6O14S. The molecule has 3 atom stereocenters. The third kappa shape index (κ3) is 9.37. The molecule has 286 valence electrons. The van der Waals surface area contributed by atoms with E-state index in [4.69, 9.17) is 14.2 Å². The van der Waals surface area contributed by atoms with Crippen molar-refractivity contribution < 1.29 is 53.0 Å². The zero-order valence-electron chi connectivity index (χ0n) is 28.6. The molecule has 2 aliphatic heterocycles. The van der Waals surface area contributed by atoms with Gasteiger partial charge in [-0.1, -0.05) is 18.2 Å². The first kappa shape index (κ1) is 39.3. The van der Waals surface area contributed by atoms with Gasteiger partial charge < -0.3 is 24.8 Å². The third-order valence-corrected chi connectivity index (χ3v) is 9.58. The smallest absolute Gasteiger partial charge is 0.356 e. The molecule has 20 nitrogen and oxygen atoms in total. The first-order valence-electron chi connectivity index (χ1n) is 16.2. The predicted molar refractivity (Wildman–Crippen MR) is 189 cm³/mol. The molecule has 1 saturated heterocycles. The van der Waals surface area contributed by atoms with Gasteiger partial charge in [-0.2, -0.15) is 0 Å². The van der Waals surface area contributed by atoms with E-state index in [1.807, 2.05) is 0 Å². The Hall–Kier alpha value is -6.90. The van der Waals surface area contributed by atoms with Crippen LogP contribution in [0.5, 0.6) is 5.75 Å². The molecule has 0 saturated carbocycles. The van der Waals surface area contributed by atoms with Crippen molar-refractivity contribution in [2.45, 2.75) is 37.6 Å². The Morgan fingerprint density at radius 1 is 0.909 bits per heavy atom. The van der Waals surface area contributed by atoms with E-state index in [0.29, 0.717) is 17.4 Å². The van der Waals surface area contributed by atoms with Crippen LogP contribution in [0.25, 0.3) is 0 Å². The first-order valence-corrected chi connectivity index (χ1v) is 17.1. The van der Waals surface area contributed by atoms with E-state index in [9.17, 15) is 54.3 Å². The minimum Gasteiger partial charge on any atom is -0.484 e. The van der Waals surface area contributed by atoms with Gasteiger partial charge in [0.1, 0.15) is 30.1 Å². The van der Waals surface area contributed by atoms with Gasteiger partial charge in [-0.3, -0.25) is 49.6 Å². The number of allylic oxidation sites excluding steroid dienone is 1. The molecule has 2 aliphatic rings. The van der Waals surface area contributed by atoms with Crippen LogP contribution in [0.15, 0.2) is 83.4 Å². The van der Waals surface area contributed by atoms with Gasteiger partial charge in [-0.15, -0.1) is 11.8 Å². The molecule has 21 heteroatoms. The molecule has 0 unspecified atom stereocenters. The number of amides is 3. The Labute approximate surface area is 314 Å². The predicted octanol–water partition coefficient (Wildman–Crippen LogP) is 2.94. The fourth-order valence-electron chi connectivity index (χ4n) is 5.64. The number of hydrogen-bond acceptors (Lipinski definition) is 15. The number of carbonyl (C=O) groups is 5. The van der Waals surface area contributed by atoms with E-state index in [1.165, 1.54) is 29.2 Å². The lowest BCUT2D eigenvalue weighted by atomic mass is 9.86. The molecule has 0 aliphatic carbocycles.